The van der Waals surface area contributed by atoms with Gasteiger partial charge in [0.25, 0.3) is 0 Å². The van der Waals surface area contributed by atoms with E-state index >= 15 is 0 Å². The second kappa shape index (κ2) is 11.5. The molecular formula is C8H8Cl6O14S4. The highest BCUT2D eigenvalue weighted by atomic mass is 35.7. The fourth-order valence-electron chi connectivity index (χ4n) is 1.71. The molecule has 24 heteroatoms. The fraction of sp³-hybridized carbons (Fsp3) is 0.250. The van der Waals surface area contributed by atoms with Crippen LogP contribution >= 0.6 is 67.8 Å². The molecule has 0 aliphatic heterocycles. The summed E-state index contributed by atoms with van der Waals surface area (Å²) in [6.45, 7) is -2.80. The van der Waals surface area contributed by atoms with Crippen LogP contribution in [0, 0.1) is 0 Å². The Morgan fingerprint density at radius 2 is 0.750 bits per heavy atom. The van der Waals surface area contributed by atoms with Crippen LogP contribution in [-0.2, 0) is 59.2 Å². The van der Waals surface area contributed by atoms with Crippen LogP contribution in [0.15, 0.2) is 0 Å². The minimum absolute atomic E-state index is 0. The molecule has 1 rings (SSSR count). The van der Waals surface area contributed by atoms with Gasteiger partial charge in [0.2, 0.25) is 13.2 Å². The van der Waals surface area contributed by atoms with Gasteiger partial charge in [-0.2, -0.15) is 6.52 Å². The van der Waals surface area contributed by atoms with Gasteiger partial charge in [-0.25, -0.2) is 9.11 Å². The highest BCUT2D eigenvalue weighted by Gasteiger charge is 2.43. The van der Waals surface area contributed by atoms with Crippen molar-refractivity contribution in [3.63, 3.8) is 0 Å². The van der Waals surface area contributed by atoms with Crippen LogP contribution in [0.2, 0.25) is 20.1 Å². The van der Waals surface area contributed by atoms with Crippen molar-refractivity contribution in [3.8, 4) is 0 Å². The van der Waals surface area contributed by atoms with E-state index in [0.717, 1.165) is 0 Å². The summed E-state index contributed by atoms with van der Waals surface area (Å²) in [7, 11) is -11.7. The molecule has 0 aromatic heterocycles. The summed E-state index contributed by atoms with van der Waals surface area (Å²) in [5.41, 5.74) is -1.33. The third-order valence-electron chi connectivity index (χ3n) is 2.88. The van der Waals surface area contributed by atoms with Crippen molar-refractivity contribution in [1.29, 1.82) is 0 Å². The molecule has 0 unspecified atom stereocenters. The first-order valence-electron chi connectivity index (χ1n) is 6.21. The maximum atomic E-state index is 11.4. The number of benzene rings is 1. The molecule has 0 aliphatic carbocycles. The smallest absolute Gasteiger partial charge is 0.546 e. The van der Waals surface area contributed by atoms with Gasteiger partial charge in [-0.3, -0.25) is 0 Å². The summed E-state index contributed by atoms with van der Waals surface area (Å²) in [6.07, 6.45) is 0. The van der Waals surface area contributed by atoms with Gasteiger partial charge in [0, 0.05) is 0 Å². The van der Waals surface area contributed by atoms with E-state index in [-0.39, 0.29) is 11.0 Å². The Kier molecular flexibility index (Phi) is 12.5. The fourth-order valence-corrected chi connectivity index (χ4v) is 6.99. The van der Waals surface area contributed by atoms with Gasteiger partial charge in [0.1, 0.15) is 21.4 Å². The number of hydrogen-bond acceptors (Lipinski definition) is 10. The van der Waals surface area contributed by atoms with Crippen molar-refractivity contribution in [3.05, 3.63) is 31.2 Å². The van der Waals surface area contributed by atoms with E-state index in [1.807, 2.05) is 0 Å². The van der Waals surface area contributed by atoms with Crippen LogP contribution in [0.4, 0.5) is 0 Å². The van der Waals surface area contributed by atoms with E-state index in [0.29, 0.717) is 6.52 Å². The molecule has 190 valence electrons. The van der Waals surface area contributed by atoms with Gasteiger partial charge in [0.15, 0.2) is 0 Å². The first kappa shape index (κ1) is 34.7. The van der Waals surface area contributed by atoms with Crippen LogP contribution in [-0.4, -0.2) is 53.7 Å². The van der Waals surface area contributed by atoms with Crippen LogP contribution in [0.3, 0.4) is 0 Å². The van der Waals surface area contributed by atoms with Crippen molar-refractivity contribution in [2.45, 2.75) is 13.2 Å². The first-order chi connectivity index (χ1) is 13.1. The molecule has 32 heavy (non-hydrogen) atoms. The zero-order valence-electron chi connectivity index (χ0n) is 14.2. The topological polar surface area (TPSA) is 242 Å². The Balaban J connectivity index is 0. The molecule has 4 N–H and O–H groups in total. The number of halogens is 6. The van der Waals surface area contributed by atoms with Crippen molar-refractivity contribution < 1.29 is 60.2 Å². The van der Waals surface area contributed by atoms with E-state index in [1.165, 1.54) is 0 Å². The summed E-state index contributed by atoms with van der Waals surface area (Å²) < 4.78 is 109. The lowest BCUT2D eigenvalue weighted by atomic mass is 10.1. The molecule has 0 bridgehead atoms. The van der Waals surface area contributed by atoms with E-state index in [2.05, 4.69) is 0 Å². The standard InChI is InChI=1S/C8H4Cl6O12S4.2H2O/c9-5-3(1-25(27(13,15)16)29(19,20)21)6(10)8(12)4(7(5)11)2-26(28(14,17)18)30(22,23)24;;/h1-2H2;2*1H2. The third kappa shape index (κ3) is 8.33. The van der Waals surface area contributed by atoms with Crippen molar-refractivity contribution in [2.75, 3.05) is 0 Å². The molecule has 0 spiro atoms. The van der Waals surface area contributed by atoms with Gasteiger partial charge in [0.05, 0.1) is 31.2 Å². The Labute approximate surface area is 210 Å². The zero-order chi connectivity index (χ0) is 24.0. The lowest BCUT2D eigenvalue weighted by Crippen LogP contribution is -2.26. The molecule has 14 nitrogen and oxygen atoms in total. The van der Waals surface area contributed by atoms with Crippen molar-refractivity contribution in [1.82, 2.24) is 0 Å². The Hall–Kier alpha value is 0.520. The van der Waals surface area contributed by atoms with Crippen LogP contribution in [0.1, 0.15) is 11.1 Å². The summed E-state index contributed by atoms with van der Waals surface area (Å²) in [5.74, 6) is 0. The Bertz CT molecular complexity index is 1090. The van der Waals surface area contributed by atoms with Crippen molar-refractivity contribution >= 4 is 107 Å². The largest absolute Gasteiger partial charge is 0.870 e. The molecule has 0 heterocycles. The SMILES string of the molecule is O=S(=O)(O)[O+](Cc1c(Cl)c(Cl)c(C[O+](S(=O)(=O)O)S(=O)(=O)Cl)c(Cl)c1Cl)S(=O)(=O)Cl.[OH-].[OH-]. The monoisotopic (exact) mass is 666 g/mol. The lowest BCUT2D eigenvalue weighted by molar-refractivity contribution is 0.153. The Morgan fingerprint density at radius 3 is 0.875 bits per heavy atom. The van der Waals surface area contributed by atoms with E-state index in [1.54, 1.807) is 0 Å². The van der Waals surface area contributed by atoms with Crippen LogP contribution in [0.25, 0.3) is 0 Å². The maximum Gasteiger partial charge on any atom is 0.546 e. The summed E-state index contributed by atoms with van der Waals surface area (Å²) in [5, 5.41) is -3.04. The molecule has 0 radical (unpaired) electrons. The number of hydrogen-bond donors (Lipinski definition) is 2. The van der Waals surface area contributed by atoms with Gasteiger partial charge >= 0.3 is 39.5 Å². The zero-order valence-corrected chi connectivity index (χ0v) is 22.0. The second-order valence-corrected chi connectivity index (χ2v) is 13.8. The molecule has 0 saturated carbocycles. The predicted molar refractivity (Wildman–Crippen MR) is 113 cm³/mol. The molecule has 1 aromatic rings. The second-order valence-electron chi connectivity index (χ2n) is 4.75. The average molecular weight is 669 g/mol. The summed E-state index contributed by atoms with van der Waals surface area (Å²) in [4.78, 5) is 0. The van der Waals surface area contributed by atoms with E-state index in [9.17, 15) is 33.7 Å². The highest BCUT2D eigenvalue weighted by Crippen LogP contribution is 2.44. The van der Waals surface area contributed by atoms with Crippen molar-refractivity contribution in [2.24, 2.45) is 0 Å². The lowest BCUT2D eigenvalue weighted by Gasteiger charge is -2.17. The van der Waals surface area contributed by atoms with E-state index < -0.39 is 83.9 Å². The molecular weight excluding hydrogens is 661 g/mol. The highest BCUT2D eigenvalue weighted by molar-refractivity contribution is 8.15. The summed E-state index contributed by atoms with van der Waals surface area (Å²) >= 11 is 23.5. The third-order valence-corrected chi connectivity index (χ3v) is 10.5. The predicted octanol–water partition coefficient (Wildman–Crippen LogP) is 2.62. The number of rotatable bonds is 8. The van der Waals surface area contributed by atoms with Gasteiger partial charge < -0.3 is 11.0 Å². The summed E-state index contributed by atoms with van der Waals surface area (Å²) in [6, 6.07) is 0. The minimum atomic E-state index is -5.54. The van der Waals surface area contributed by atoms with E-state index in [4.69, 9.17) is 76.9 Å². The molecule has 0 amide bonds. The molecule has 0 fully saturated rings. The molecule has 1 aromatic carbocycles. The molecule has 0 atom stereocenters. The van der Waals surface area contributed by atoms with Gasteiger partial charge in [-0.1, -0.05) is 46.4 Å². The maximum absolute atomic E-state index is 11.4. The minimum Gasteiger partial charge on any atom is -0.870 e. The Morgan fingerprint density at radius 1 is 0.562 bits per heavy atom. The first-order valence-corrected chi connectivity index (χ1v) is 14.9. The van der Waals surface area contributed by atoms with Gasteiger partial charge in [-0.05, 0) is 0 Å². The molecule has 0 saturated heterocycles. The average Bonchev–Trinajstić information content (AvgIpc) is 2.48. The quantitative estimate of drug-likeness (QED) is 0.176. The van der Waals surface area contributed by atoms with Gasteiger partial charge in [-0.15, -0.1) is 33.7 Å². The van der Waals surface area contributed by atoms with Crippen LogP contribution < -0.4 is 0 Å². The normalized spacial score (nSPS) is 13.1. The van der Waals surface area contributed by atoms with Crippen LogP contribution in [0.5, 0.6) is 0 Å². The molecule has 0 aliphatic rings.